The molecule has 33 heavy (non-hydrogen) atoms. The molecule has 0 spiro atoms. The van der Waals surface area contributed by atoms with Crippen LogP contribution >= 0.6 is 36.4 Å². The lowest BCUT2D eigenvalue weighted by Crippen LogP contribution is -2.31. The topological polar surface area (TPSA) is 102 Å². The maximum atomic E-state index is 5.98. The van der Waals surface area contributed by atoms with Crippen molar-refractivity contribution < 1.29 is 0 Å². The van der Waals surface area contributed by atoms with Crippen LogP contribution in [0.2, 0.25) is 5.02 Å². The Morgan fingerprint density at radius 2 is 1.70 bits per heavy atom. The molecule has 9 heteroatoms. The van der Waals surface area contributed by atoms with Crippen LogP contribution in [0.1, 0.15) is 42.6 Å². The maximum absolute atomic E-state index is 5.98. The van der Waals surface area contributed by atoms with Crippen LogP contribution in [0.15, 0.2) is 47.5 Å². The number of anilines is 1. The van der Waals surface area contributed by atoms with Gasteiger partial charge in [-0.05, 0) is 68.5 Å². The molecule has 0 radical (unpaired) electrons. The third kappa shape index (κ3) is 7.22. The summed E-state index contributed by atoms with van der Waals surface area (Å²) >= 11 is 5.98. The number of hydrogen-bond acceptors (Lipinski definition) is 4. The molecule has 3 aromatic rings. The summed E-state index contributed by atoms with van der Waals surface area (Å²) in [6.07, 6.45) is 7.84. The van der Waals surface area contributed by atoms with Crippen molar-refractivity contribution in [2.75, 3.05) is 5.32 Å². The van der Waals surface area contributed by atoms with E-state index in [1.54, 1.807) is 0 Å². The van der Waals surface area contributed by atoms with Crippen molar-refractivity contribution in [1.29, 1.82) is 0 Å². The third-order valence-electron chi connectivity index (χ3n) is 5.53. The standard InChI is InChI=1S/C24H27ClN6.2ClH/c1-15-2-12-21-20(14-15)23(28-18-8-10-19(11-9-18)29-24(26)27)31-22(30-21)13-5-16-3-6-17(25)7-4-16;;/h2-7,12-14,18-19H,8-11H2,1H3,(H4,26,27,29)(H,28,30,31);2*1H. The zero-order chi connectivity index (χ0) is 21.8. The first-order chi connectivity index (χ1) is 15.0. The van der Waals surface area contributed by atoms with E-state index >= 15 is 0 Å². The van der Waals surface area contributed by atoms with Crippen molar-refractivity contribution in [3.8, 4) is 0 Å². The van der Waals surface area contributed by atoms with Crippen LogP contribution in [0.25, 0.3) is 23.1 Å². The molecule has 1 aromatic heterocycles. The van der Waals surface area contributed by atoms with E-state index in [9.17, 15) is 0 Å². The van der Waals surface area contributed by atoms with E-state index in [2.05, 4.69) is 29.4 Å². The molecule has 1 heterocycles. The van der Waals surface area contributed by atoms with Gasteiger partial charge in [-0.3, -0.25) is 4.99 Å². The Hall–Kier alpha value is -2.54. The van der Waals surface area contributed by atoms with Gasteiger partial charge in [-0.25, -0.2) is 9.97 Å². The summed E-state index contributed by atoms with van der Waals surface area (Å²) < 4.78 is 0. The normalized spacial score (nSPS) is 17.8. The number of rotatable bonds is 5. The van der Waals surface area contributed by atoms with E-state index in [1.807, 2.05) is 42.5 Å². The van der Waals surface area contributed by atoms with Crippen LogP contribution in [0, 0.1) is 6.92 Å². The van der Waals surface area contributed by atoms with Crippen LogP contribution in [-0.2, 0) is 0 Å². The highest BCUT2D eigenvalue weighted by molar-refractivity contribution is 6.30. The highest BCUT2D eigenvalue weighted by Gasteiger charge is 2.22. The first-order valence-corrected chi connectivity index (χ1v) is 10.9. The van der Waals surface area contributed by atoms with Crippen molar-refractivity contribution in [3.05, 3.63) is 64.4 Å². The number of aromatic nitrogens is 2. The van der Waals surface area contributed by atoms with Gasteiger partial charge in [0.15, 0.2) is 11.8 Å². The lowest BCUT2D eigenvalue weighted by Gasteiger charge is -2.28. The van der Waals surface area contributed by atoms with E-state index < -0.39 is 0 Å². The molecular weight excluding hydrogens is 479 g/mol. The Labute approximate surface area is 211 Å². The third-order valence-corrected chi connectivity index (χ3v) is 5.78. The molecule has 176 valence electrons. The Bertz CT molecular complexity index is 1120. The molecular formula is C24H29Cl3N6. The zero-order valence-electron chi connectivity index (χ0n) is 18.4. The van der Waals surface area contributed by atoms with Gasteiger partial charge in [0, 0.05) is 16.5 Å². The van der Waals surface area contributed by atoms with Gasteiger partial charge in [-0.15, -0.1) is 24.8 Å². The van der Waals surface area contributed by atoms with Gasteiger partial charge in [-0.2, -0.15) is 0 Å². The number of guanidine groups is 1. The SMILES string of the molecule is Cc1ccc2nc(C=Cc3ccc(Cl)cc3)nc(NC3CCC(N=C(N)N)CC3)c2c1.Cl.Cl. The van der Waals surface area contributed by atoms with Gasteiger partial charge in [0.25, 0.3) is 0 Å². The van der Waals surface area contributed by atoms with Gasteiger partial charge in [0.2, 0.25) is 0 Å². The number of halogens is 3. The fraction of sp³-hybridized carbons (Fsp3) is 0.292. The molecule has 2 aromatic carbocycles. The lowest BCUT2D eigenvalue weighted by molar-refractivity contribution is 0.412. The van der Waals surface area contributed by atoms with Crippen molar-refractivity contribution >= 4 is 71.2 Å². The number of aryl methyl sites for hydroxylation is 1. The van der Waals surface area contributed by atoms with Gasteiger partial charge in [-0.1, -0.05) is 41.4 Å². The molecule has 0 amide bonds. The average Bonchev–Trinajstić information content (AvgIpc) is 2.75. The van der Waals surface area contributed by atoms with Crippen molar-refractivity contribution in [3.63, 3.8) is 0 Å². The zero-order valence-corrected chi connectivity index (χ0v) is 20.8. The van der Waals surface area contributed by atoms with Crippen molar-refractivity contribution in [2.45, 2.75) is 44.7 Å². The smallest absolute Gasteiger partial charge is 0.186 e. The molecule has 1 aliphatic carbocycles. The van der Waals surface area contributed by atoms with E-state index in [0.29, 0.717) is 11.9 Å². The molecule has 5 N–H and O–H groups in total. The fourth-order valence-corrected chi connectivity index (χ4v) is 4.07. The van der Waals surface area contributed by atoms with Gasteiger partial charge in [0.05, 0.1) is 11.6 Å². The average molecular weight is 508 g/mol. The molecule has 0 saturated heterocycles. The molecule has 1 saturated carbocycles. The summed E-state index contributed by atoms with van der Waals surface area (Å²) in [5.74, 6) is 1.71. The second kappa shape index (κ2) is 12.1. The largest absolute Gasteiger partial charge is 0.370 e. The van der Waals surface area contributed by atoms with Crippen LogP contribution in [0.5, 0.6) is 0 Å². The number of hydrogen-bond donors (Lipinski definition) is 3. The lowest BCUT2D eigenvalue weighted by atomic mass is 9.91. The van der Waals surface area contributed by atoms with E-state index in [1.165, 1.54) is 5.56 Å². The van der Waals surface area contributed by atoms with Gasteiger partial charge >= 0.3 is 0 Å². The summed E-state index contributed by atoms with van der Waals surface area (Å²) in [6, 6.07) is 14.5. The molecule has 0 unspecified atom stereocenters. The first-order valence-electron chi connectivity index (χ1n) is 10.5. The summed E-state index contributed by atoms with van der Waals surface area (Å²) in [6.45, 7) is 2.08. The highest BCUT2D eigenvalue weighted by atomic mass is 35.5. The Morgan fingerprint density at radius 1 is 1.00 bits per heavy atom. The summed E-state index contributed by atoms with van der Waals surface area (Å²) in [5.41, 5.74) is 14.2. The number of benzene rings is 2. The second-order valence-electron chi connectivity index (χ2n) is 8.04. The number of nitrogens with one attached hydrogen (secondary N) is 1. The Balaban J connectivity index is 0.00000193. The molecule has 4 rings (SSSR count). The van der Waals surface area contributed by atoms with E-state index in [-0.39, 0.29) is 36.8 Å². The Kier molecular flexibility index (Phi) is 9.77. The molecule has 0 bridgehead atoms. The minimum absolute atomic E-state index is 0. The summed E-state index contributed by atoms with van der Waals surface area (Å²) in [4.78, 5) is 13.9. The predicted octanol–water partition coefficient (Wildman–Crippen LogP) is 5.60. The molecule has 6 nitrogen and oxygen atoms in total. The molecule has 1 aliphatic rings. The number of nitrogens with two attached hydrogens (primary N) is 2. The minimum atomic E-state index is 0. The number of fused-ring (bicyclic) bond motifs is 1. The van der Waals surface area contributed by atoms with Gasteiger partial charge < -0.3 is 16.8 Å². The quantitative estimate of drug-likeness (QED) is 0.308. The maximum Gasteiger partial charge on any atom is 0.186 e. The van der Waals surface area contributed by atoms with Crippen molar-refractivity contribution in [1.82, 2.24) is 9.97 Å². The highest BCUT2D eigenvalue weighted by Crippen LogP contribution is 2.28. The monoisotopic (exact) mass is 506 g/mol. The summed E-state index contributed by atoms with van der Waals surface area (Å²) in [5, 5.41) is 5.41. The Morgan fingerprint density at radius 3 is 2.36 bits per heavy atom. The first kappa shape index (κ1) is 26.7. The van der Waals surface area contributed by atoms with E-state index in [4.69, 9.17) is 33.0 Å². The predicted molar refractivity (Wildman–Crippen MR) is 145 cm³/mol. The minimum Gasteiger partial charge on any atom is -0.370 e. The van der Waals surface area contributed by atoms with Crippen molar-refractivity contribution in [2.24, 2.45) is 16.5 Å². The van der Waals surface area contributed by atoms with E-state index in [0.717, 1.165) is 53.0 Å². The fourth-order valence-electron chi connectivity index (χ4n) is 3.94. The molecule has 0 atom stereocenters. The van der Waals surface area contributed by atoms with Crippen LogP contribution in [0.3, 0.4) is 0 Å². The van der Waals surface area contributed by atoms with Gasteiger partial charge in [0.1, 0.15) is 5.82 Å². The molecule has 0 aliphatic heterocycles. The number of aliphatic imine (C=N–C) groups is 1. The second-order valence-corrected chi connectivity index (χ2v) is 8.48. The van der Waals surface area contributed by atoms with Crippen LogP contribution < -0.4 is 16.8 Å². The summed E-state index contributed by atoms with van der Waals surface area (Å²) in [7, 11) is 0. The molecule has 1 fully saturated rings. The number of nitrogens with zero attached hydrogens (tertiary/aromatic N) is 3. The van der Waals surface area contributed by atoms with Crippen LogP contribution in [0.4, 0.5) is 5.82 Å². The van der Waals surface area contributed by atoms with Crippen LogP contribution in [-0.4, -0.2) is 28.0 Å².